The average Bonchev–Trinajstić information content (AvgIpc) is 2.47. The van der Waals surface area contributed by atoms with E-state index in [9.17, 15) is 12.8 Å². The van der Waals surface area contributed by atoms with Crippen molar-refractivity contribution in [3.8, 4) is 0 Å². The Balaban J connectivity index is 2.13. The summed E-state index contributed by atoms with van der Waals surface area (Å²) in [6, 6.07) is 16.0. The summed E-state index contributed by atoms with van der Waals surface area (Å²) in [6.45, 7) is 0.545. The van der Waals surface area contributed by atoms with Crippen LogP contribution in [0.3, 0.4) is 0 Å². The third-order valence-corrected chi connectivity index (χ3v) is 4.39. The average molecular weight is 321 g/mol. The van der Waals surface area contributed by atoms with E-state index in [1.165, 1.54) is 18.4 Å². The second kappa shape index (κ2) is 7.51. The minimum atomic E-state index is -2.96. The van der Waals surface area contributed by atoms with Crippen LogP contribution in [0.25, 0.3) is 0 Å². The second-order valence-corrected chi connectivity index (χ2v) is 7.60. The molecule has 2 aromatic carbocycles. The first kappa shape index (κ1) is 16.6. The van der Waals surface area contributed by atoms with Gasteiger partial charge in [-0.1, -0.05) is 42.5 Å². The lowest BCUT2D eigenvalue weighted by molar-refractivity contribution is 0.574. The smallest absolute Gasteiger partial charge is 0.147 e. The van der Waals surface area contributed by atoms with Crippen LogP contribution in [-0.4, -0.2) is 27.0 Å². The van der Waals surface area contributed by atoms with Crippen LogP contribution in [0.1, 0.15) is 23.6 Å². The summed E-state index contributed by atoms with van der Waals surface area (Å²) in [7, 11) is -2.96. The Morgan fingerprint density at radius 2 is 1.73 bits per heavy atom. The number of sulfone groups is 1. The molecule has 1 atom stereocenters. The van der Waals surface area contributed by atoms with E-state index in [-0.39, 0.29) is 17.6 Å². The molecule has 0 amide bonds. The molecule has 0 saturated carbocycles. The number of rotatable bonds is 7. The van der Waals surface area contributed by atoms with Gasteiger partial charge in [0.05, 0.1) is 11.8 Å². The lowest BCUT2D eigenvalue weighted by atomic mass is 9.98. The molecule has 0 aliphatic heterocycles. The quantitative estimate of drug-likeness (QED) is 0.798. The molecule has 1 N–H and O–H groups in total. The molecule has 0 saturated heterocycles. The monoisotopic (exact) mass is 321 g/mol. The second-order valence-electron chi connectivity index (χ2n) is 5.34. The van der Waals surface area contributed by atoms with Crippen LogP contribution in [-0.2, 0) is 9.84 Å². The van der Waals surface area contributed by atoms with E-state index in [2.05, 4.69) is 5.32 Å². The first-order valence-corrected chi connectivity index (χ1v) is 9.23. The summed E-state index contributed by atoms with van der Waals surface area (Å²) in [5.41, 5.74) is 1.85. The minimum absolute atomic E-state index is 0.144. The highest BCUT2D eigenvalue weighted by Gasteiger charge is 2.14. The lowest BCUT2D eigenvalue weighted by Crippen LogP contribution is -2.25. The Labute approximate surface area is 131 Å². The Bertz CT molecular complexity index is 702. The van der Waals surface area contributed by atoms with Crippen LogP contribution in [0.2, 0.25) is 0 Å². The normalized spacial score (nSPS) is 13.0. The molecule has 0 unspecified atom stereocenters. The number of nitrogens with one attached hydrogen (secondary N) is 1. The molecule has 22 heavy (non-hydrogen) atoms. The maximum Gasteiger partial charge on any atom is 0.147 e. The maximum atomic E-state index is 13.5. The van der Waals surface area contributed by atoms with Crippen molar-refractivity contribution in [2.24, 2.45) is 0 Å². The summed E-state index contributed by atoms with van der Waals surface area (Å²) in [5, 5.41) is 3.32. The molecule has 5 heteroatoms. The van der Waals surface area contributed by atoms with Crippen LogP contribution in [0.15, 0.2) is 54.6 Å². The zero-order chi connectivity index (χ0) is 16.0. The Kier molecular flexibility index (Phi) is 5.69. The van der Waals surface area contributed by atoms with E-state index >= 15 is 0 Å². The molecule has 0 aliphatic carbocycles. The molecule has 2 aromatic rings. The van der Waals surface area contributed by atoms with E-state index in [1.807, 2.05) is 36.4 Å². The Morgan fingerprint density at radius 3 is 2.36 bits per heavy atom. The zero-order valence-electron chi connectivity index (χ0n) is 12.5. The van der Waals surface area contributed by atoms with Gasteiger partial charge in [-0.3, -0.25) is 0 Å². The van der Waals surface area contributed by atoms with E-state index in [0.29, 0.717) is 13.0 Å². The predicted molar refractivity (Wildman–Crippen MR) is 87.0 cm³/mol. The van der Waals surface area contributed by atoms with Gasteiger partial charge < -0.3 is 5.32 Å². The van der Waals surface area contributed by atoms with E-state index in [1.54, 1.807) is 6.07 Å². The largest absolute Gasteiger partial charge is 0.306 e. The van der Waals surface area contributed by atoms with Gasteiger partial charge >= 0.3 is 0 Å². The van der Waals surface area contributed by atoms with Crippen LogP contribution >= 0.6 is 0 Å². The van der Waals surface area contributed by atoms with Gasteiger partial charge in [-0.25, -0.2) is 12.8 Å². The maximum absolute atomic E-state index is 13.5. The molecule has 0 spiro atoms. The SMILES string of the molecule is CS(=O)(=O)CCCN[C@@H](c1ccccc1)c1cccc(F)c1. The van der Waals surface area contributed by atoms with Crippen molar-refractivity contribution >= 4 is 9.84 Å². The number of hydrogen-bond donors (Lipinski definition) is 1. The Morgan fingerprint density at radius 1 is 1.05 bits per heavy atom. The van der Waals surface area contributed by atoms with Crippen molar-refractivity contribution in [2.75, 3.05) is 18.6 Å². The van der Waals surface area contributed by atoms with Gasteiger partial charge in [-0.2, -0.15) is 0 Å². The molecular formula is C17H20FNO2S. The predicted octanol–water partition coefficient (Wildman–Crippen LogP) is 2.94. The molecule has 0 radical (unpaired) electrons. The van der Waals surface area contributed by atoms with Crippen molar-refractivity contribution in [3.05, 3.63) is 71.5 Å². The summed E-state index contributed by atoms with van der Waals surface area (Å²) < 4.78 is 35.8. The number of hydrogen-bond acceptors (Lipinski definition) is 3. The molecule has 3 nitrogen and oxygen atoms in total. The first-order valence-electron chi connectivity index (χ1n) is 7.17. The van der Waals surface area contributed by atoms with Gasteiger partial charge in [-0.15, -0.1) is 0 Å². The van der Waals surface area contributed by atoms with Crippen molar-refractivity contribution in [1.82, 2.24) is 5.32 Å². The molecular weight excluding hydrogens is 301 g/mol. The first-order chi connectivity index (χ1) is 10.5. The third kappa shape index (κ3) is 5.24. The van der Waals surface area contributed by atoms with Crippen molar-refractivity contribution in [3.63, 3.8) is 0 Å². The molecule has 2 rings (SSSR count). The lowest BCUT2D eigenvalue weighted by Gasteiger charge is -2.20. The summed E-state index contributed by atoms with van der Waals surface area (Å²) in [6.07, 6.45) is 1.76. The van der Waals surface area contributed by atoms with Crippen molar-refractivity contribution in [2.45, 2.75) is 12.5 Å². The Hall–Kier alpha value is -1.72. The fraction of sp³-hybridized carbons (Fsp3) is 0.294. The van der Waals surface area contributed by atoms with Gasteiger partial charge in [-0.05, 0) is 36.2 Å². The van der Waals surface area contributed by atoms with Crippen LogP contribution in [0, 0.1) is 5.82 Å². The molecule has 0 bridgehead atoms. The summed E-state index contributed by atoms with van der Waals surface area (Å²) in [5.74, 6) is -0.138. The topological polar surface area (TPSA) is 46.2 Å². The molecule has 0 fully saturated rings. The van der Waals surface area contributed by atoms with E-state index in [4.69, 9.17) is 0 Å². The van der Waals surface area contributed by atoms with Crippen LogP contribution < -0.4 is 5.32 Å². The molecule has 0 aromatic heterocycles. The molecule has 0 heterocycles. The van der Waals surface area contributed by atoms with E-state index in [0.717, 1.165) is 11.1 Å². The van der Waals surface area contributed by atoms with E-state index < -0.39 is 9.84 Å². The van der Waals surface area contributed by atoms with Crippen LogP contribution in [0.5, 0.6) is 0 Å². The molecule has 118 valence electrons. The molecule has 0 aliphatic rings. The van der Waals surface area contributed by atoms with Crippen molar-refractivity contribution in [1.29, 1.82) is 0 Å². The van der Waals surface area contributed by atoms with Crippen LogP contribution in [0.4, 0.5) is 4.39 Å². The minimum Gasteiger partial charge on any atom is -0.306 e. The fourth-order valence-corrected chi connectivity index (χ4v) is 3.01. The van der Waals surface area contributed by atoms with Gasteiger partial charge in [0.25, 0.3) is 0 Å². The van der Waals surface area contributed by atoms with Gasteiger partial charge in [0, 0.05) is 6.26 Å². The summed E-state index contributed by atoms with van der Waals surface area (Å²) in [4.78, 5) is 0. The highest BCUT2D eigenvalue weighted by Crippen LogP contribution is 2.22. The number of benzene rings is 2. The standard InChI is InChI=1S/C17H20FNO2S/c1-22(20,21)12-6-11-19-17(14-7-3-2-4-8-14)15-9-5-10-16(18)13-15/h2-5,7-10,13,17,19H,6,11-12H2,1H3/t17-/m0/s1. The fourth-order valence-electron chi connectivity index (χ4n) is 2.34. The highest BCUT2D eigenvalue weighted by atomic mass is 32.2. The zero-order valence-corrected chi connectivity index (χ0v) is 13.3. The van der Waals surface area contributed by atoms with Gasteiger partial charge in [0.15, 0.2) is 0 Å². The van der Waals surface area contributed by atoms with Gasteiger partial charge in [0.1, 0.15) is 15.7 Å². The van der Waals surface area contributed by atoms with Gasteiger partial charge in [0.2, 0.25) is 0 Å². The number of halogens is 1. The summed E-state index contributed by atoms with van der Waals surface area (Å²) >= 11 is 0. The third-order valence-electron chi connectivity index (χ3n) is 3.36. The van der Waals surface area contributed by atoms with Crippen molar-refractivity contribution < 1.29 is 12.8 Å². The highest BCUT2D eigenvalue weighted by molar-refractivity contribution is 7.90.